The summed E-state index contributed by atoms with van der Waals surface area (Å²) in [6.45, 7) is 2.05. The first-order valence-electron chi connectivity index (χ1n) is 8.00. The molecule has 0 aliphatic heterocycles. The molecule has 0 heterocycles. The van der Waals surface area contributed by atoms with Crippen LogP contribution in [-0.2, 0) is 11.2 Å². The third-order valence-electron chi connectivity index (χ3n) is 3.61. The molecule has 0 aliphatic carbocycles. The Morgan fingerprint density at radius 3 is 2.58 bits per heavy atom. The predicted octanol–water partition coefficient (Wildman–Crippen LogP) is 3.83. The normalized spacial score (nSPS) is 10.7. The number of carbonyl (C=O) groups is 2. The lowest BCUT2D eigenvalue weighted by atomic mass is 10.1. The SMILES string of the molecule is CC(=O)c1cccc(NC(=O)/C(C#N)=C\NCCc2ccc(Br)cc2)c1. The summed E-state index contributed by atoms with van der Waals surface area (Å²) in [7, 11) is 0. The van der Waals surface area contributed by atoms with Crippen LogP contribution in [0.15, 0.2) is 64.8 Å². The molecule has 2 rings (SSSR count). The molecule has 0 unspecified atom stereocenters. The van der Waals surface area contributed by atoms with Crippen molar-refractivity contribution in [2.45, 2.75) is 13.3 Å². The highest BCUT2D eigenvalue weighted by Crippen LogP contribution is 2.12. The lowest BCUT2D eigenvalue weighted by Gasteiger charge is -2.06. The van der Waals surface area contributed by atoms with Crippen LogP contribution < -0.4 is 10.6 Å². The number of benzene rings is 2. The third-order valence-corrected chi connectivity index (χ3v) is 4.14. The van der Waals surface area contributed by atoms with Crippen molar-refractivity contribution in [1.29, 1.82) is 5.26 Å². The molecule has 2 aromatic carbocycles. The summed E-state index contributed by atoms with van der Waals surface area (Å²) in [4.78, 5) is 23.6. The van der Waals surface area contributed by atoms with E-state index < -0.39 is 5.91 Å². The highest BCUT2D eigenvalue weighted by molar-refractivity contribution is 9.10. The van der Waals surface area contributed by atoms with E-state index in [0.29, 0.717) is 17.8 Å². The average Bonchev–Trinajstić information content (AvgIpc) is 2.63. The molecule has 5 nitrogen and oxygen atoms in total. The molecule has 6 heteroatoms. The van der Waals surface area contributed by atoms with E-state index in [1.165, 1.54) is 13.1 Å². The van der Waals surface area contributed by atoms with Gasteiger partial charge in [-0.15, -0.1) is 0 Å². The van der Waals surface area contributed by atoms with Crippen LogP contribution in [0, 0.1) is 11.3 Å². The summed E-state index contributed by atoms with van der Waals surface area (Å²) >= 11 is 3.39. The number of ketones is 1. The van der Waals surface area contributed by atoms with Crippen LogP contribution >= 0.6 is 15.9 Å². The van der Waals surface area contributed by atoms with Crippen LogP contribution in [-0.4, -0.2) is 18.2 Å². The van der Waals surface area contributed by atoms with Crippen LogP contribution in [0.5, 0.6) is 0 Å². The first-order valence-corrected chi connectivity index (χ1v) is 8.79. The van der Waals surface area contributed by atoms with Gasteiger partial charge in [0.15, 0.2) is 5.78 Å². The van der Waals surface area contributed by atoms with Crippen molar-refractivity contribution in [2.75, 3.05) is 11.9 Å². The van der Waals surface area contributed by atoms with E-state index in [0.717, 1.165) is 16.5 Å². The maximum atomic E-state index is 12.2. The number of nitrogens with one attached hydrogen (secondary N) is 2. The van der Waals surface area contributed by atoms with Crippen LogP contribution in [0.2, 0.25) is 0 Å². The van der Waals surface area contributed by atoms with Crippen molar-refractivity contribution in [1.82, 2.24) is 5.32 Å². The zero-order valence-electron chi connectivity index (χ0n) is 14.3. The Hall–Kier alpha value is -2.91. The Balaban J connectivity index is 1.92. The van der Waals surface area contributed by atoms with Gasteiger partial charge in [-0.2, -0.15) is 5.26 Å². The summed E-state index contributed by atoms with van der Waals surface area (Å²) in [5.41, 5.74) is 2.09. The molecule has 0 saturated heterocycles. The van der Waals surface area contributed by atoms with Crippen LogP contribution in [0.25, 0.3) is 0 Å². The Labute approximate surface area is 160 Å². The van der Waals surface area contributed by atoms with E-state index in [4.69, 9.17) is 0 Å². The van der Waals surface area contributed by atoms with Crippen LogP contribution in [0.4, 0.5) is 5.69 Å². The first-order chi connectivity index (χ1) is 12.5. The van der Waals surface area contributed by atoms with E-state index >= 15 is 0 Å². The summed E-state index contributed by atoms with van der Waals surface area (Å²) in [6.07, 6.45) is 2.17. The van der Waals surface area contributed by atoms with E-state index in [1.807, 2.05) is 30.3 Å². The lowest BCUT2D eigenvalue weighted by molar-refractivity contribution is -0.112. The molecule has 0 aliphatic rings. The van der Waals surface area contributed by atoms with E-state index in [1.54, 1.807) is 24.3 Å². The third kappa shape index (κ3) is 5.87. The van der Waals surface area contributed by atoms with E-state index in [9.17, 15) is 14.9 Å². The predicted molar refractivity (Wildman–Crippen MR) is 105 cm³/mol. The van der Waals surface area contributed by atoms with Gasteiger partial charge in [-0.3, -0.25) is 9.59 Å². The van der Waals surface area contributed by atoms with Crippen molar-refractivity contribution in [2.24, 2.45) is 0 Å². The number of rotatable bonds is 7. The van der Waals surface area contributed by atoms with Gasteiger partial charge in [0.25, 0.3) is 5.91 Å². The molecule has 0 spiro atoms. The fraction of sp³-hybridized carbons (Fsp3) is 0.150. The summed E-state index contributed by atoms with van der Waals surface area (Å²) in [6, 6.07) is 16.4. The van der Waals surface area contributed by atoms with Crippen LogP contribution in [0.1, 0.15) is 22.8 Å². The summed E-state index contributed by atoms with van der Waals surface area (Å²) < 4.78 is 1.02. The number of halogens is 1. The van der Waals surface area contributed by atoms with Gasteiger partial charge >= 0.3 is 0 Å². The zero-order valence-corrected chi connectivity index (χ0v) is 15.8. The van der Waals surface area contributed by atoms with Crippen molar-refractivity contribution in [3.05, 3.63) is 75.9 Å². The van der Waals surface area contributed by atoms with Crippen molar-refractivity contribution in [3.8, 4) is 6.07 Å². The quantitative estimate of drug-likeness (QED) is 0.314. The number of nitriles is 1. The van der Waals surface area contributed by atoms with Crippen molar-refractivity contribution >= 4 is 33.3 Å². The molecule has 2 N–H and O–H groups in total. The van der Waals surface area contributed by atoms with Crippen molar-refractivity contribution in [3.63, 3.8) is 0 Å². The first kappa shape index (κ1) is 19.4. The van der Waals surface area contributed by atoms with Gasteiger partial charge in [0, 0.05) is 28.5 Å². The van der Waals surface area contributed by atoms with E-state index in [-0.39, 0.29) is 11.4 Å². The second-order valence-electron chi connectivity index (χ2n) is 5.59. The molecule has 0 fully saturated rings. The smallest absolute Gasteiger partial charge is 0.267 e. The molecule has 26 heavy (non-hydrogen) atoms. The van der Waals surface area contributed by atoms with Gasteiger partial charge in [0.05, 0.1) is 0 Å². The number of anilines is 1. The topological polar surface area (TPSA) is 82.0 Å². The van der Waals surface area contributed by atoms with Gasteiger partial charge in [-0.25, -0.2) is 0 Å². The van der Waals surface area contributed by atoms with Gasteiger partial charge < -0.3 is 10.6 Å². The Morgan fingerprint density at radius 1 is 1.19 bits per heavy atom. The number of hydrogen-bond donors (Lipinski definition) is 2. The fourth-order valence-electron chi connectivity index (χ4n) is 2.20. The molecule has 0 atom stereocenters. The van der Waals surface area contributed by atoms with Gasteiger partial charge in [0.1, 0.15) is 11.6 Å². The summed E-state index contributed by atoms with van der Waals surface area (Å²) in [5.74, 6) is -0.615. The molecule has 132 valence electrons. The number of amides is 1. The molecule has 0 aromatic heterocycles. The molecule has 0 radical (unpaired) electrons. The molecule has 2 aromatic rings. The maximum absolute atomic E-state index is 12.2. The number of carbonyl (C=O) groups excluding carboxylic acids is 2. The second-order valence-corrected chi connectivity index (χ2v) is 6.51. The molecule has 0 bridgehead atoms. The minimum atomic E-state index is -0.524. The van der Waals surface area contributed by atoms with Gasteiger partial charge in [-0.1, -0.05) is 40.2 Å². The van der Waals surface area contributed by atoms with Gasteiger partial charge in [-0.05, 0) is 43.2 Å². The maximum Gasteiger partial charge on any atom is 0.267 e. The average molecular weight is 412 g/mol. The largest absolute Gasteiger partial charge is 0.389 e. The molecule has 1 amide bonds. The van der Waals surface area contributed by atoms with E-state index in [2.05, 4.69) is 26.6 Å². The van der Waals surface area contributed by atoms with Crippen LogP contribution in [0.3, 0.4) is 0 Å². The highest BCUT2D eigenvalue weighted by atomic mass is 79.9. The minimum absolute atomic E-state index is 0.0333. The zero-order chi connectivity index (χ0) is 18.9. The summed E-state index contributed by atoms with van der Waals surface area (Å²) in [5, 5.41) is 14.8. The highest BCUT2D eigenvalue weighted by Gasteiger charge is 2.10. The lowest BCUT2D eigenvalue weighted by Crippen LogP contribution is -2.18. The number of Topliss-reactive ketones (excluding diaryl/α,β-unsaturated/α-hetero) is 1. The monoisotopic (exact) mass is 411 g/mol. The minimum Gasteiger partial charge on any atom is -0.389 e. The number of hydrogen-bond acceptors (Lipinski definition) is 4. The molecule has 0 saturated carbocycles. The Kier molecular flexibility index (Phi) is 7.12. The Bertz CT molecular complexity index is 867. The number of nitrogens with zero attached hydrogens (tertiary/aromatic N) is 1. The Morgan fingerprint density at radius 2 is 1.92 bits per heavy atom. The van der Waals surface area contributed by atoms with Crippen molar-refractivity contribution < 1.29 is 9.59 Å². The second kappa shape index (κ2) is 9.54. The molecular weight excluding hydrogens is 394 g/mol. The fourth-order valence-corrected chi connectivity index (χ4v) is 2.47. The standard InChI is InChI=1S/C20H18BrN3O2/c1-14(25)16-3-2-4-19(11-16)24-20(26)17(12-22)13-23-10-9-15-5-7-18(21)8-6-15/h2-8,11,13,23H,9-10H2,1H3,(H,24,26)/b17-13-. The van der Waals surface area contributed by atoms with Gasteiger partial charge in [0.2, 0.25) is 0 Å². The molecular formula is C20H18BrN3O2.